The van der Waals surface area contributed by atoms with Crippen molar-refractivity contribution in [3.8, 4) is 5.75 Å². The maximum Gasteiger partial charge on any atom is 0.271 e. The highest BCUT2D eigenvalue weighted by molar-refractivity contribution is 5.60. The largest absolute Gasteiger partial charge is 0.506 e. The zero-order chi connectivity index (χ0) is 9.14. The van der Waals surface area contributed by atoms with Crippen LogP contribution in [-0.2, 0) is 0 Å². The number of nitro benzene ring substituents is 1. The van der Waals surface area contributed by atoms with Crippen molar-refractivity contribution in [2.75, 3.05) is 12.4 Å². The Balaban J connectivity index is 3.13. The normalized spacial score (nSPS) is 9.42. The molecule has 1 aromatic carbocycles. The maximum absolute atomic E-state index is 10.3. The van der Waals surface area contributed by atoms with E-state index in [4.69, 9.17) is 5.11 Å². The molecule has 0 aliphatic rings. The van der Waals surface area contributed by atoms with Gasteiger partial charge in [0.15, 0.2) is 0 Å². The second kappa shape index (κ2) is 3.08. The summed E-state index contributed by atoms with van der Waals surface area (Å²) in [5.74, 6) is 0.00287. The molecule has 0 heterocycles. The fourth-order valence-electron chi connectivity index (χ4n) is 0.838. The summed E-state index contributed by atoms with van der Waals surface area (Å²) in [4.78, 5) is 9.76. The molecule has 64 valence electrons. The van der Waals surface area contributed by atoms with Crippen molar-refractivity contribution in [1.29, 1.82) is 0 Å². The monoisotopic (exact) mass is 168 g/mol. The minimum Gasteiger partial charge on any atom is -0.506 e. The number of phenols is 1. The van der Waals surface area contributed by atoms with Crippen LogP contribution in [0.25, 0.3) is 0 Å². The van der Waals surface area contributed by atoms with Crippen molar-refractivity contribution in [3.05, 3.63) is 28.3 Å². The Kier molecular flexibility index (Phi) is 2.14. The Morgan fingerprint density at radius 1 is 1.58 bits per heavy atom. The molecule has 0 aliphatic carbocycles. The first kappa shape index (κ1) is 8.32. The number of non-ortho nitro benzene ring substituents is 1. The van der Waals surface area contributed by atoms with Gasteiger partial charge in [-0.1, -0.05) is 0 Å². The highest BCUT2D eigenvalue weighted by atomic mass is 16.6. The lowest BCUT2D eigenvalue weighted by atomic mass is 10.2. The lowest BCUT2D eigenvalue weighted by Gasteiger charge is -2.01. The summed E-state index contributed by atoms with van der Waals surface area (Å²) < 4.78 is 0. The fraction of sp³-hybridized carbons (Fsp3) is 0.143. The third kappa shape index (κ3) is 1.45. The van der Waals surface area contributed by atoms with Crippen molar-refractivity contribution in [2.45, 2.75) is 0 Å². The molecule has 0 fully saturated rings. The van der Waals surface area contributed by atoms with Gasteiger partial charge in [-0.15, -0.1) is 0 Å². The van der Waals surface area contributed by atoms with E-state index in [1.165, 1.54) is 18.2 Å². The third-order valence-electron chi connectivity index (χ3n) is 1.46. The van der Waals surface area contributed by atoms with Gasteiger partial charge in [0.1, 0.15) is 5.75 Å². The van der Waals surface area contributed by atoms with E-state index in [-0.39, 0.29) is 11.4 Å². The van der Waals surface area contributed by atoms with E-state index in [2.05, 4.69) is 5.32 Å². The van der Waals surface area contributed by atoms with Gasteiger partial charge in [0, 0.05) is 19.2 Å². The number of nitrogens with zero attached hydrogens (tertiary/aromatic N) is 1. The topological polar surface area (TPSA) is 75.4 Å². The fourth-order valence-corrected chi connectivity index (χ4v) is 0.838. The quantitative estimate of drug-likeness (QED) is 0.397. The molecule has 5 heteroatoms. The van der Waals surface area contributed by atoms with Crippen LogP contribution in [-0.4, -0.2) is 17.1 Å². The minimum absolute atomic E-state index is 0.00287. The van der Waals surface area contributed by atoms with E-state index in [0.717, 1.165) is 0 Å². The number of benzene rings is 1. The predicted octanol–water partition coefficient (Wildman–Crippen LogP) is 1.34. The van der Waals surface area contributed by atoms with E-state index >= 15 is 0 Å². The summed E-state index contributed by atoms with van der Waals surface area (Å²) in [7, 11) is 1.58. The van der Waals surface area contributed by atoms with Gasteiger partial charge >= 0.3 is 0 Å². The van der Waals surface area contributed by atoms with Gasteiger partial charge in [0.25, 0.3) is 5.69 Å². The first-order chi connectivity index (χ1) is 5.65. The molecule has 2 N–H and O–H groups in total. The van der Waals surface area contributed by atoms with Crippen molar-refractivity contribution in [1.82, 2.24) is 0 Å². The molecule has 1 aromatic rings. The van der Waals surface area contributed by atoms with Crippen molar-refractivity contribution in [3.63, 3.8) is 0 Å². The van der Waals surface area contributed by atoms with Crippen molar-refractivity contribution >= 4 is 11.4 Å². The van der Waals surface area contributed by atoms with Crippen LogP contribution in [0.2, 0.25) is 0 Å². The second-order valence-electron chi connectivity index (χ2n) is 2.21. The third-order valence-corrected chi connectivity index (χ3v) is 1.46. The lowest BCUT2D eigenvalue weighted by Crippen LogP contribution is -1.92. The molecule has 0 aliphatic heterocycles. The summed E-state index contributed by atoms with van der Waals surface area (Å²) in [6, 6.07) is 3.80. The number of anilines is 1. The summed E-state index contributed by atoms with van der Waals surface area (Å²) in [5, 5.41) is 22.0. The van der Waals surface area contributed by atoms with Crippen molar-refractivity contribution < 1.29 is 10.0 Å². The molecule has 0 atom stereocenters. The molecule has 0 saturated carbocycles. The van der Waals surface area contributed by atoms with Gasteiger partial charge in [-0.2, -0.15) is 0 Å². The Bertz CT molecular complexity index is 312. The van der Waals surface area contributed by atoms with Gasteiger partial charge in [-0.3, -0.25) is 10.1 Å². The molecular formula is C7H8N2O3. The number of nitrogens with one attached hydrogen (secondary N) is 1. The maximum atomic E-state index is 10.3. The van der Waals surface area contributed by atoms with Gasteiger partial charge in [0.05, 0.1) is 10.6 Å². The molecule has 12 heavy (non-hydrogen) atoms. The van der Waals surface area contributed by atoms with Gasteiger partial charge in [-0.05, 0) is 6.07 Å². The average Bonchev–Trinajstić information content (AvgIpc) is 2.05. The van der Waals surface area contributed by atoms with Crippen molar-refractivity contribution in [2.24, 2.45) is 0 Å². The van der Waals surface area contributed by atoms with E-state index < -0.39 is 4.92 Å². The molecule has 0 bridgehead atoms. The van der Waals surface area contributed by atoms with Crippen LogP contribution in [0, 0.1) is 10.1 Å². The summed E-state index contributed by atoms with van der Waals surface area (Å²) in [5.41, 5.74) is 0.307. The number of aromatic hydroxyl groups is 1. The molecule has 1 rings (SSSR count). The Morgan fingerprint density at radius 3 is 2.75 bits per heavy atom. The van der Waals surface area contributed by atoms with Crippen LogP contribution in [0.15, 0.2) is 18.2 Å². The van der Waals surface area contributed by atoms with Crippen LogP contribution >= 0.6 is 0 Å². The van der Waals surface area contributed by atoms with Crippen LogP contribution in [0.1, 0.15) is 0 Å². The summed E-state index contributed by atoms with van der Waals surface area (Å²) in [6.07, 6.45) is 0. The number of hydrogen-bond donors (Lipinski definition) is 2. The van der Waals surface area contributed by atoms with Gasteiger partial charge in [0.2, 0.25) is 0 Å². The van der Waals surface area contributed by atoms with Crippen LogP contribution in [0.5, 0.6) is 5.75 Å². The van der Waals surface area contributed by atoms with E-state index in [0.29, 0.717) is 5.69 Å². The van der Waals surface area contributed by atoms with Gasteiger partial charge in [-0.25, -0.2) is 0 Å². The minimum atomic E-state index is -0.514. The summed E-state index contributed by atoms with van der Waals surface area (Å²) in [6.45, 7) is 0. The molecule has 0 radical (unpaired) electrons. The lowest BCUT2D eigenvalue weighted by molar-refractivity contribution is -0.384. The molecule has 0 spiro atoms. The highest BCUT2D eigenvalue weighted by Crippen LogP contribution is 2.26. The molecule has 0 aromatic heterocycles. The molecule has 0 amide bonds. The first-order valence-electron chi connectivity index (χ1n) is 3.30. The standard InChI is InChI=1S/C7H8N2O3/c1-8-6-4-5(9(11)12)2-3-7(6)10/h2-4,8,10H,1H3. The van der Waals surface area contributed by atoms with Gasteiger partial charge < -0.3 is 10.4 Å². The Hall–Kier alpha value is -1.78. The highest BCUT2D eigenvalue weighted by Gasteiger charge is 2.08. The zero-order valence-corrected chi connectivity index (χ0v) is 6.44. The van der Waals surface area contributed by atoms with E-state index in [9.17, 15) is 10.1 Å². The van der Waals surface area contributed by atoms with Crippen LogP contribution < -0.4 is 5.32 Å². The van der Waals surface area contributed by atoms with E-state index in [1.807, 2.05) is 0 Å². The summed E-state index contributed by atoms with van der Waals surface area (Å²) >= 11 is 0. The smallest absolute Gasteiger partial charge is 0.271 e. The Morgan fingerprint density at radius 2 is 2.25 bits per heavy atom. The SMILES string of the molecule is CNc1cc([N+](=O)[O-])ccc1O. The van der Waals surface area contributed by atoms with E-state index in [1.54, 1.807) is 7.05 Å². The van der Waals surface area contributed by atoms with Crippen LogP contribution in [0.4, 0.5) is 11.4 Å². The number of rotatable bonds is 2. The molecule has 5 nitrogen and oxygen atoms in total. The number of phenolic OH excluding ortho intramolecular Hbond substituents is 1. The Labute approximate surface area is 68.8 Å². The number of nitro groups is 1. The molecule has 0 saturated heterocycles. The second-order valence-corrected chi connectivity index (χ2v) is 2.21. The first-order valence-corrected chi connectivity index (χ1v) is 3.30. The number of hydrogen-bond acceptors (Lipinski definition) is 4. The molecule has 0 unspecified atom stereocenters. The predicted molar refractivity (Wildman–Crippen MR) is 44.3 cm³/mol. The molecular weight excluding hydrogens is 160 g/mol. The van der Waals surface area contributed by atoms with Crippen LogP contribution in [0.3, 0.4) is 0 Å². The average molecular weight is 168 g/mol. The zero-order valence-electron chi connectivity index (χ0n) is 6.44.